The Morgan fingerprint density at radius 1 is 1.43 bits per heavy atom. The number of thioether (sulfide) groups is 1. The van der Waals surface area contributed by atoms with Crippen LogP contribution in [-0.2, 0) is 5.75 Å². The predicted octanol–water partition coefficient (Wildman–Crippen LogP) is 3.12. The van der Waals surface area contributed by atoms with Gasteiger partial charge in [-0.15, -0.1) is 0 Å². The van der Waals surface area contributed by atoms with Gasteiger partial charge in [-0.3, -0.25) is 4.98 Å². The van der Waals surface area contributed by atoms with E-state index in [2.05, 4.69) is 25.9 Å². The molecule has 0 atom stereocenters. The average molecular weight is 271 g/mol. The van der Waals surface area contributed by atoms with Crippen molar-refractivity contribution < 1.29 is 4.42 Å². The van der Waals surface area contributed by atoms with Gasteiger partial charge in [0.1, 0.15) is 17.0 Å². The highest BCUT2D eigenvalue weighted by molar-refractivity contribution is 9.10. The van der Waals surface area contributed by atoms with Crippen molar-refractivity contribution in [2.24, 2.45) is 0 Å². The molecule has 0 saturated carbocycles. The van der Waals surface area contributed by atoms with Crippen LogP contribution in [0.3, 0.4) is 0 Å². The molecule has 0 radical (unpaired) electrons. The second-order valence-corrected chi connectivity index (χ2v) is 4.47. The van der Waals surface area contributed by atoms with E-state index in [1.807, 2.05) is 6.07 Å². The molecule has 0 aliphatic heterocycles. The third-order valence-electron chi connectivity index (χ3n) is 1.52. The van der Waals surface area contributed by atoms with Crippen molar-refractivity contribution in [2.75, 3.05) is 0 Å². The number of hydrogen-bond donors (Lipinski definition) is 0. The maximum absolute atomic E-state index is 5.27. The Hall–Kier alpha value is -0.810. The predicted molar refractivity (Wildman–Crippen MR) is 58.0 cm³/mol. The zero-order chi connectivity index (χ0) is 9.80. The van der Waals surface area contributed by atoms with Crippen LogP contribution in [0.15, 0.2) is 44.8 Å². The van der Waals surface area contributed by atoms with Gasteiger partial charge >= 0.3 is 0 Å². The van der Waals surface area contributed by atoms with Gasteiger partial charge in [0, 0.05) is 12.4 Å². The molecule has 0 N–H and O–H groups in total. The Bertz CT molecular complexity index is 404. The Kier molecular flexibility index (Phi) is 3.21. The fourth-order valence-electron chi connectivity index (χ4n) is 0.935. The first-order valence-electron chi connectivity index (χ1n) is 3.96. The number of aromatic nitrogens is 2. The van der Waals surface area contributed by atoms with Gasteiger partial charge in [-0.2, -0.15) is 0 Å². The van der Waals surface area contributed by atoms with Gasteiger partial charge < -0.3 is 4.42 Å². The summed E-state index contributed by atoms with van der Waals surface area (Å²) in [6, 6.07) is 1.95. The van der Waals surface area contributed by atoms with Gasteiger partial charge in [-0.25, -0.2) is 4.98 Å². The van der Waals surface area contributed by atoms with Gasteiger partial charge in [0.2, 0.25) is 0 Å². The minimum absolute atomic E-state index is 0.768. The molecule has 0 saturated heterocycles. The fraction of sp³-hybridized carbons (Fsp3) is 0.111. The van der Waals surface area contributed by atoms with E-state index in [1.165, 1.54) is 0 Å². The molecule has 2 aromatic heterocycles. The molecular formula is C9H7BrN2OS. The van der Waals surface area contributed by atoms with Crippen LogP contribution in [0.2, 0.25) is 0 Å². The van der Waals surface area contributed by atoms with Crippen molar-refractivity contribution in [3.63, 3.8) is 0 Å². The maximum atomic E-state index is 5.27. The molecule has 0 unspecified atom stereocenters. The summed E-state index contributed by atoms with van der Waals surface area (Å²) in [6.45, 7) is 0. The number of nitrogens with zero attached hydrogens (tertiary/aromatic N) is 2. The van der Waals surface area contributed by atoms with Crippen LogP contribution < -0.4 is 0 Å². The SMILES string of the molecule is Brc1coc(CSc2cnccn2)c1. The second-order valence-electron chi connectivity index (χ2n) is 2.56. The summed E-state index contributed by atoms with van der Waals surface area (Å²) in [5.41, 5.74) is 0. The zero-order valence-electron chi connectivity index (χ0n) is 7.18. The smallest absolute Gasteiger partial charge is 0.115 e. The number of furan rings is 1. The molecule has 0 spiro atoms. The molecule has 0 aliphatic rings. The van der Waals surface area contributed by atoms with Gasteiger partial charge in [0.25, 0.3) is 0 Å². The molecule has 0 bridgehead atoms. The monoisotopic (exact) mass is 270 g/mol. The van der Waals surface area contributed by atoms with E-state index < -0.39 is 0 Å². The summed E-state index contributed by atoms with van der Waals surface area (Å²) in [7, 11) is 0. The van der Waals surface area contributed by atoms with Gasteiger partial charge in [0.05, 0.1) is 16.4 Å². The van der Waals surface area contributed by atoms with Crippen LogP contribution in [0.25, 0.3) is 0 Å². The van der Waals surface area contributed by atoms with Gasteiger partial charge in [-0.05, 0) is 22.0 Å². The molecule has 5 heteroatoms. The molecular weight excluding hydrogens is 264 g/mol. The normalized spacial score (nSPS) is 10.4. The van der Waals surface area contributed by atoms with Crippen LogP contribution in [0.1, 0.15) is 5.76 Å². The van der Waals surface area contributed by atoms with Crippen LogP contribution in [0.5, 0.6) is 0 Å². The largest absolute Gasteiger partial charge is 0.467 e. The van der Waals surface area contributed by atoms with Gasteiger partial charge in [0.15, 0.2) is 0 Å². The van der Waals surface area contributed by atoms with Crippen LogP contribution in [0, 0.1) is 0 Å². The number of rotatable bonds is 3. The molecule has 2 aromatic rings. The summed E-state index contributed by atoms with van der Waals surface area (Å²) in [5, 5.41) is 0.903. The van der Waals surface area contributed by atoms with Crippen molar-refractivity contribution in [1.82, 2.24) is 9.97 Å². The lowest BCUT2D eigenvalue weighted by atomic mass is 10.5. The summed E-state index contributed by atoms with van der Waals surface area (Å²) < 4.78 is 6.24. The molecule has 14 heavy (non-hydrogen) atoms. The van der Waals surface area contributed by atoms with E-state index in [-0.39, 0.29) is 0 Å². The second kappa shape index (κ2) is 4.61. The first-order chi connectivity index (χ1) is 6.84. The standard InChI is InChI=1S/C9H7BrN2OS/c10-7-3-8(13-5-7)6-14-9-4-11-1-2-12-9/h1-5H,6H2. The number of hydrogen-bond acceptors (Lipinski definition) is 4. The summed E-state index contributed by atoms with van der Waals surface area (Å²) in [6.07, 6.45) is 6.75. The topological polar surface area (TPSA) is 38.9 Å². The van der Waals surface area contributed by atoms with Crippen molar-refractivity contribution in [1.29, 1.82) is 0 Å². The van der Waals surface area contributed by atoms with Crippen LogP contribution >= 0.6 is 27.7 Å². The van der Waals surface area contributed by atoms with E-state index >= 15 is 0 Å². The maximum Gasteiger partial charge on any atom is 0.115 e. The highest BCUT2D eigenvalue weighted by atomic mass is 79.9. The average Bonchev–Trinajstić information content (AvgIpc) is 2.63. The van der Waals surface area contributed by atoms with E-state index in [9.17, 15) is 0 Å². The highest BCUT2D eigenvalue weighted by Gasteiger charge is 2.01. The Labute approximate surface area is 94.1 Å². The van der Waals surface area contributed by atoms with Gasteiger partial charge in [-0.1, -0.05) is 11.8 Å². The molecule has 0 aliphatic carbocycles. The molecule has 0 fully saturated rings. The molecule has 72 valence electrons. The van der Waals surface area contributed by atoms with Crippen molar-refractivity contribution >= 4 is 27.7 Å². The quantitative estimate of drug-likeness (QED) is 0.804. The van der Waals surface area contributed by atoms with Crippen molar-refractivity contribution in [3.8, 4) is 0 Å². The van der Waals surface area contributed by atoms with E-state index in [1.54, 1.807) is 36.6 Å². The zero-order valence-corrected chi connectivity index (χ0v) is 9.59. The third-order valence-corrected chi connectivity index (χ3v) is 2.87. The Morgan fingerprint density at radius 3 is 3.00 bits per heavy atom. The fourth-order valence-corrected chi connectivity index (χ4v) is 2.00. The van der Waals surface area contributed by atoms with E-state index in [0.29, 0.717) is 0 Å². The first-order valence-corrected chi connectivity index (χ1v) is 5.74. The molecule has 3 nitrogen and oxygen atoms in total. The number of halogens is 1. The summed E-state index contributed by atoms with van der Waals surface area (Å²) in [5.74, 6) is 1.69. The van der Waals surface area contributed by atoms with Crippen LogP contribution in [0.4, 0.5) is 0 Å². The molecule has 2 heterocycles. The minimum atomic E-state index is 0.768. The first kappa shape index (κ1) is 9.73. The minimum Gasteiger partial charge on any atom is -0.467 e. The lowest BCUT2D eigenvalue weighted by Gasteiger charge is -1.95. The summed E-state index contributed by atoms with van der Waals surface area (Å²) in [4.78, 5) is 8.13. The van der Waals surface area contributed by atoms with Crippen molar-refractivity contribution in [2.45, 2.75) is 10.8 Å². The lowest BCUT2D eigenvalue weighted by Crippen LogP contribution is -1.81. The molecule has 0 aromatic carbocycles. The Balaban J connectivity index is 1.95. The van der Waals surface area contributed by atoms with E-state index in [4.69, 9.17) is 4.42 Å². The third kappa shape index (κ3) is 2.59. The highest BCUT2D eigenvalue weighted by Crippen LogP contribution is 2.22. The van der Waals surface area contributed by atoms with Crippen LogP contribution in [-0.4, -0.2) is 9.97 Å². The van der Waals surface area contributed by atoms with E-state index in [0.717, 1.165) is 21.0 Å². The lowest BCUT2D eigenvalue weighted by molar-refractivity contribution is 0.529. The summed E-state index contributed by atoms with van der Waals surface area (Å²) >= 11 is 4.93. The van der Waals surface area contributed by atoms with Crippen molar-refractivity contribution in [3.05, 3.63) is 41.2 Å². The Morgan fingerprint density at radius 2 is 2.36 bits per heavy atom. The molecule has 2 rings (SSSR count). The molecule has 0 amide bonds.